The van der Waals surface area contributed by atoms with Crippen LogP contribution < -0.4 is 10.1 Å². The van der Waals surface area contributed by atoms with Gasteiger partial charge in [-0.15, -0.1) is 0 Å². The lowest BCUT2D eigenvalue weighted by Crippen LogP contribution is -2.01. The molecule has 0 spiro atoms. The predicted molar refractivity (Wildman–Crippen MR) is 78.3 cm³/mol. The van der Waals surface area contributed by atoms with Crippen LogP contribution in [0.15, 0.2) is 48.8 Å². The Morgan fingerprint density at radius 2 is 2.05 bits per heavy atom. The van der Waals surface area contributed by atoms with Crippen molar-refractivity contribution < 1.29 is 4.74 Å². The second-order valence-electron chi connectivity index (χ2n) is 4.35. The summed E-state index contributed by atoms with van der Waals surface area (Å²) in [5.74, 6) is 0.822. The number of ether oxygens (including phenoxy) is 1. The van der Waals surface area contributed by atoms with E-state index in [1.807, 2.05) is 36.4 Å². The molecule has 0 fully saturated rings. The summed E-state index contributed by atoms with van der Waals surface area (Å²) in [6.07, 6.45) is 4.85. The summed E-state index contributed by atoms with van der Waals surface area (Å²) in [5, 5.41) is 11.8. The van der Waals surface area contributed by atoms with Crippen molar-refractivity contribution in [3.63, 3.8) is 0 Å². The smallest absolute Gasteiger partial charge is 0.121 e. The molecule has 0 unspecified atom stereocenters. The fraction of sp³-hybridized carbons (Fsp3) is 0.250. The Labute approximate surface area is 119 Å². The number of aromatic nitrogens is 1. The van der Waals surface area contributed by atoms with Gasteiger partial charge in [-0.25, -0.2) is 0 Å². The number of benzene rings is 1. The second kappa shape index (κ2) is 7.80. The van der Waals surface area contributed by atoms with Crippen LogP contribution in [0.25, 0.3) is 0 Å². The summed E-state index contributed by atoms with van der Waals surface area (Å²) >= 11 is 0. The van der Waals surface area contributed by atoms with E-state index in [1.54, 1.807) is 12.4 Å². The lowest BCUT2D eigenvalue weighted by molar-refractivity contribution is 0.313. The zero-order valence-corrected chi connectivity index (χ0v) is 11.2. The highest BCUT2D eigenvalue weighted by molar-refractivity contribution is 5.48. The first kappa shape index (κ1) is 13.9. The molecule has 0 bridgehead atoms. The number of nitriles is 1. The minimum atomic E-state index is 0.528. The third kappa shape index (κ3) is 4.62. The highest BCUT2D eigenvalue weighted by Crippen LogP contribution is 2.18. The quantitative estimate of drug-likeness (QED) is 0.781. The van der Waals surface area contributed by atoms with Crippen LogP contribution in [-0.4, -0.2) is 11.6 Å². The molecular formula is C16H17N3O. The maximum atomic E-state index is 8.47. The van der Waals surface area contributed by atoms with Crippen LogP contribution in [0.1, 0.15) is 18.4 Å². The van der Waals surface area contributed by atoms with Gasteiger partial charge in [-0.3, -0.25) is 4.98 Å². The van der Waals surface area contributed by atoms with Gasteiger partial charge in [0, 0.05) is 37.1 Å². The van der Waals surface area contributed by atoms with Gasteiger partial charge in [-0.05, 0) is 36.2 Å². The number of hydrogen-bond donors (Lipinski definition) is 1. The number of rotatable bonds is 7. The number of nitrogens with zero attached hydrogens (tertiary/aromatic N) is 2. The Morgan fingerprint density at radius 1 is 1.20 bits per heavy atom. The van der Waals surface area contributed by atoms with Gasteiger partial charge in [0.1, 0.15) is 5.75 Å². The van der Waals surface area contributed by atoms with E-state index in [1.165, 1.54) is 5.56 Å². The van der Waals surface area contributed by atoms with Gasteiger partial charge < -0.3 is 10.1 Å². The van der Waals surface area contributed by atoms with Gasteiger partial charge in [0.25, 0.3) is 0 Å². The molecule has 1 aromatic heterocycles. The summed E-state index contributed by atoms with van der Waals surface area (Å²) in [6.45, 7) is 1.32. The molecule has 0 aliphatic rings. The third-order valence-corrected chi connectivity index (χ3v) is 2.78. The van der Waals surface area contributed by atoms with Gasteiger partial charge in [0.15, 0.2) is 0 Å². The second-order valence-corrected chi connectivity index (χ2v) is 4.35. The van der Waals surface area contributed by atoms with Crippen molar-refractivity contribution >= 4 is 5.69 Å². The van der Waals surface area contributed by atoms with Gasteiger partial charge in [0.05, 0.1) is 12.7 Å². The third-order valence-electron chi connectivity index (χ3n) is 2.78. The molecule has 1 aromatic carbocycles. The fourth-order valence-electron chi connectivity index (χ4n) is 1.74. The summed E-state index contributed by atoms with van der Waals surface area (Å²) in [5.41, 5.74) is 2.19. The Balaban J connectivity index is 1.85. The van der Waals surface area contributed by atoms with Crippen LogP contribution in [0.3, 0.4) is 0 Å². The first-order valence-electron chi connectivity index (χ1n) is 6.61. The van der Waals surface area contributed by atoms with Crippen molar-refractivity contribution in [2.75, 3.05) is 11.9 Å². The summed E-state index contributed by atoms with van der Waals surface area (Å²) in [7, 11) is 0. The van der Waals surface area contributed by atoms with Crippen LogP contribution in [0.4, 0.5) is 5.69 Å². The maximum Gasteiger partial charge on any atom is 0.121 e. The van der Waals surface area contributed by atoms with Crippen molar-refractivity contribution in [3.8, 4) is 11.8 Å². The number of pyridine rings is 1. The number of anilines is 1. The van der Waals surface area contributed by atoms with Crippen LogP contribution >= 0.6 is 0 Å². The Bertz CT molecular complexity index is 563. The van der Waals surface area contributed by atoms with Crippen molar-refractivity contribution in [1.82, 2.24) is 4.98 Å². The van der Waals surface area contributed by atoms with Gasteiger partial charge >= 0.3 is 0 Å². The topological polar surface area (TPSA) is 57.9 Å². The lowest BCUT2D eigenvalue weighted by Gasteiger charge is -2.09. The van der Waals surface area contributed by atoms with Crippen molar-refractivity contribution in [2.45, 2.75) is 19.4 Å². The molecule has 0 saturated heterocycles. The Morgan fingerprint density at radius 3 is 2.85 bits per heavy atom. The van der Waals surface area contributed by atoms with E-state index in [-0.39, 0.29) is 0 Å². The minimum absolute atomic E-state index is 0.528. The van der Waals surface area contributed by atoms with Gasteiger partial charge in [0.2, 0.25) is 0 Å². The molecule has 0 atom stereocenters. The van der Waals surface area contributed by atoms with E-state index in [0.717, 1.165) is 24.4 Å². The van der Waals surface area contributed by atoms with Crippen LogP contribution in [0.5, 0.6) is 5.75 Å². The average Bonchev–Trinajstić information content (AvgIpc) is 2.51. The molecule has 2 aromatic rings. The number of unbranched alkanes of at least 4 members (excludes halogenated alkanes) is 1. The highest BCUT2D eigenvalue weighted by atomic mass is 16.5. The summed E-state index contributed by atoms with van der Waals surface area (Å²) in [4.78, 5) is 3.99. The van der Waals surface area contributed by atoms with Crippen molar-refractivity contribution in [2.24, 2.45) is 0 Å². The largest absolute Gasteiger partial charge is 0.493 e. The maximum absolute atomic E-state index is 8.47. The Kier molecular flexibility index (Phi) is 5.41. The molecular weight excluding hydrogens is 250 g/mol. The zero-order chi connectivity index (χ0) is 14.0. The van der Waals surface area contributed by atoms with Gasteiger partial charge in [-0.1, -0.05) is 6.07 Å². The highest BCUT2D eigenvalue weighted by Gasteiger charge is 1.97. The Hall–Kier alpha value is -2.54. The monoisotopic (exact) mass is 267 g/mol. The lowest BCUT2D eigenvalue weighted by atomic mass is 10.2. The van der Waals surface area contributed by atoms with E-state index < -0.39 is 0 Å². The fourth-order valence-corrected chi connectivity index (χ4v) is 1.74. The molecule has 2 rings (SSSR count). The summed E-state index contributed by atoms with van der Waals surface area (Å²) in [6, 6.07) is 13.9. The molecule has 0 amide bonds. The van der Waals surface area contributed by atoms with E-state index in [2.05, 4.69) is 16.4 Å². The van der Waals surface area contributed by atoms with Gasteiger partial charge in [-0.2, -0.15) is 5.26 Å². The first-order chi connectivity index (χ1) is 9.88. The van der Waals surface area contributed by atoms with E-state index in [4.69, 9.17) is 10.00 Å². The van der Waals surface area contributed by atoms with E-state index >= 15 is 0 Å². The number of nitrogens with one attached hydrogen (secondary N) is 1. The molecule has 0 aliphatic carbocycles. The molecule has 1 heterocycles. The molecule has 4 nitrogen and oxygen atoms in total. The first-order valence-corrected chi connectivity index (χ1v) is 6.61. The molecule has 0 radical (unpaired) electrons. The van der Waals surface area contributed by atoms with Crippen LogP contribution in [0.2, 0.25) is 0 Å². The molecule has 0 aliphatic heterocycles. The SMILES string of the molecule is N#CCCCOc1cccc(NCc2ccncc2)c1. The molecule has 1 N–H and O–H groups in total. The molecule has 20 heavy (non-hydrogen) atoms. The van der Waals surface area contributed by atoms with Crippen molar-refractivity contribution in [3.05, 3.63) is 54.4 Å². The molecule has 102 valence electrons. The normalized spacial score (nSPS) is 9.75. The van der Waals surface area contributed by atoms with E-state index in [0.29, 0.717) is 13.0 Å². The molecule has 4 heteroatoms. The predicted octanol–water partition coefficient (Wildman–Crippen LogP) is 3.38. The van der Waals surface area contributed by atoms with Crippen molar-refractivity contribution in [1.29, 1.82) is 5.26 Å². The molecule has 0 saturated carbocycles. The van der Waals surface area contributed by atoms with E-state index in [9.17, 15) is 0 Å². The minimum Gasteiger partial charge on any atom is -0.493 e. The zero-order valence-electron chi connectivity index (χ0n) is 11.2. The average molecular weight is 267 g/mol. The standard InChI is InChI=1S/C16H17N3O/c17-8-1-2-11-20-16-5-3-4-15(12-16)19-13-14-6-9-18-10-7-14/h3-7,9-10,12,19H,1-2,11,13H2. The van der Waals surface area contributed by atoms with Crippen LogP contribution in [0, 0.1) is 11.3 Å². The van der Waals surface area contributed by atoms with Crippen LogP contribution in [-0.2, 0) is 6.54 Å². The number of hydrogen-bond acceptors (Lipinski definition) is 4. The summed E-state index contributed by atoms with van der Waals surface area (Å²) < 4.78 is 5.60.